The molecule has 0 atom stereocenters. The van der Waals surface area contributed by atoms with Gasteiger partial charge in [-0.05, 0) is 29.7 Å². The summed E-state index contributed by atoms with van der Waals surface area (Å²) in [6.45, 7) is 3.80. The lowest BCUT2D eigenvalue weighted by Crippen LogP contribution is -2.58. The number of hydrogen-bond donors (Lipinski definition) is 1. The third-order valence-electron chi connectivity index (χ3n) is 4.13. The van der Waals surface area contributed by atoms with Crippen LogP contribution in [0.15, 0.2) is 60.2 Å². The Kier molecular flexibility index (Phi) is 7.76. The molecule has 1 N–H and O–H groups in total. The van der Waals surface area contributed by atoms with Crippen LogP contribution < -0.4 is 14.9 Å². The second kappa shape index (κ2) is 9.92. The zero-order valence-electron chi connectivity index (χ0n) is 16.7. The Morgan fingerprint density at radius 2 is 1.69 bits per heavy atom. The monoisotopic (exact) mass is 464 g/mol. The minimum atomic E-state index is -6.46. The highest BCUT2D eigenvalue weighted by Crippen LogP contribution is 2.45. The van der Waals surface area contributed by atoms with E-state index >= 15 is 0 Å². The molecule has 32 heavy (non-hydrogen) atoms. The average Bonchev–Trinajstić information content (AvgIpc) is 2.72. The van der Waals surface area contributed by atoms with Crippen molar-refractivity contribution in [3.8, 4) is 11.5 Å². The highest BCUT2D eigenvalue weighted by molar-refractivity contribution is 5.81. The van der Waals surface area contributed by atoms with Crippen LogP contribution in [0.4, 0.5) is 30.7 Å². The molecule has 0 amide bonds. The van der Waals surface area contributed by atoms with Gasteiger partial charge in [0.15, 0.2) is 11.5 Å². The van der Waals surface area contributed by atoms with Crippen molar-refractivity contribution in [2.45, 2.75) is 31.2 Å². The summed E-state index contributed by atoms with van der Waals surface area (Å²) in [7, 11) is 1.32. The Labute approximate surface area is 179 Å². The number of benzene rings is 2. The van der Waals surface area contributed by atoms with Gasteiger partial charge in [0, 0.05) is 5.56 Å². The Morgan fingerprint density at radius 1 is 1.03 bits per heavy atom. The van der Waals surface area contributed by atoms with Crippen molar-refractivity contribution in [2.24, 2.45) is 5.10 Å². The first-order valence-electron chi connectivity index (χ1n) is 9.04. The molecule has 0 aromatic heterocycles. The molecule has 0 spiro atoms. The van der Waals surface area contributed by atoms with Gasteiger partial charge in [-0.1, -0.05) is 36.4 Å². The van der Waals surface area contributed by atoms with Crippen molar-refractivity contribution in [2.75, 3.05) is 7.11 Å². The highest BCUT2D eigenvalue weighted by atomic mass is 19.4. The van der Waals surface area contributed by atoms with E-state index in [9.17, 15) is 30.7 Å². The molecule has 2 rings (SSSR count). The van der Waals surface area contributed by atoms with Gasteiger partial charge in [-0.15, -0.1) is 6.58 Å². The van der Waals surface area contributed by atoms with E-state index in [-0.39, 0.29) is 24.3 Å². The maximum Gasteiger partial charge on any atom is 0.462 e. The first-order valence-corrected chi connectivity index (χ1v) is 9.04. The van der Waals surface area contributed by atoms with Crippen molar-refractivity contribution in [3.63, 3.8) is 0 Å². The number of hydrazone groups is 1. The second-order valence-electron chi connectivity index (χ2n) is 6.50. The van der Waals surface area contributed by atoms with Gasteiger partial charge in [-0.2, -0.15) is 35.8 Å². The zero-order valence-corrected chi connectivity index (χ0v) is 16.7. The predicted octanol–water partition coefficient (Wildman–Crippen LogP) is 5.72. The van der Waals surface area contributed by atoms with E-state index < -0.39 is 18.1 Å². The summed E-state index contributed by atoms with van der Waals surface area (Å²) in [5.41, 5.74) is 2.03. The van der Waals surface area contributed by atoms with Crippen molar-refractivity contribution in [1.29, 1.82) is 0 Å². The molecule has 0 aliphatic heterocycles. The van der Waals surface area contributed by atoms with Crippen LogP contribution in [0.3, 0.4) is 0 Å². The Morgan fingerprint density at radius 3 is 2.25 bits per heavy atom. The van der Waals surface area contributed by atoms with Crippen molar-refractivity contribution in [1.82, 2.24) is 5.43 Å². The van der Waals surface area contributed by atoms with Gasteiger partial charge >= 0.3 is 18.1 Å². The lowest BCUT2D eigenvalue weighted by atomic mass is 10.1. The summed E-state index contributed by atoms with van der Waals surface area (Å²) in [5.74, 6) is -5.82. The molecule has 0 radical (unpaired) electrons. The number of allylic oxidation sites excluding steroid dienone is 1. The number of alkyl halides is 7. The van der Waals surface area contributed by atoms with Crippen LogP contribution in [0.5, 0.6) is 11.5 Å². The molecule has 11 heteroatoms. The molecule has 0 aliphatic rings. The van der Waals surface area contributed by atoms with Crippen LogP contribution >= 0.6 is 0 Å². The van der Waals surface area contributed by atoms with Gasteiger partial charge < -0.3 is 9.47 Å². The first kappa shape index (κ1) is 25.0. The molecule has 0 saturated heterocycles. The number of nitrogens with zero attached hydrogens (tertiary/aromatic N) is 1. The smallest absolute Gasteiger partial charge is 0.462 e. The maximum absolute atomic E-state index is 13.3. The fourth-order valence-corrected chi connectivity index (χ4v) is 2.55. The Hall–Kier alpha value is -3.24. The molecule has 0 heterocycles. The summed E-state index contributed by atoms with van der Waals surface area (Å²) in [5, 5.41) is 2.87. The number of methoxy groups -OCH3 is 1. The van der Waals surface area contributed by atoms with E-state index in [2.05, 4.69) is 11.7 Å². The van der Waals surface area contributed by atoms with Gasteiger partial charge in [0.05, 0.1) is 13.3 Å². The number of nitrogens with one attached hydrogen (secondary N) is 1. The maximum atomic E-state index is 13.3. The normalized spacial score (nSPS) is 12.6. The first-order chi connectivity index (χ1) is 14.9. The Balaban J connectivity index is 2.27. The molecule has 0 aliphatic carbocycles. The number of rotatable bonds is 10. The number of halogens is 7. The topological polar surface area (TPSA) is 42.9 Å². The number of hydrogen-bond acceptors (Lipinski definition) is 4. The minimum absolute atomic E-state index is 0.0874. The van der Waals surface area contributed by atoms with Gasteiger partial charge in [0.25, 0.3) is 0 Å². The molecule has 174 valence electrons. The molecule has 0 unspecified atom stereocenters. The van der Waals surface area contributed by atoms with Crippen LogP contribution in [0.25, 0.3) is 0 Å². The molecule has 2 aromatic rings. The van der Waals surface area contributed by atoms with Crippen LogP contribution in [0.1, 0.15) is 16.7 Å². The Bertz CT molecular complexity index is 945. The fraction of sp³-hybridized carbons (Fsp3) is 0.286. The standard InChI is InChI=1S/C21H19F7N2O2/c1-3-7-16-10-15(12-29-30-21(27,28)19(22,23)20(24,25)26)11-17(31-2)18(16)32-13-14-8-5-4-6-9-14/h3-6,8-12,30H,1,7,13H2,2H3/b29-12+. The fourth-order valence-electron chi connectivity index (χ4n) is 2.55. The lowest BCUT2D eigenvalue weighted by molar-refractivity contribution is -0.361. The molecule has 4 nitrogen and oxygen atoms in total. The summed E-state index contributed by atoms with van der Waals surface area (Å²) in [6.07, 6.45) is -4.01. The van der Waals surface area contributed by atoms with Gasteiger partial charge in [0.1, 0.15) is 6.61 Å². The average molecular weight is 464 g/mol. The second-order valence-corrected chi connectivity index (χ2v) is 6.50. The van der Waals surface area contributed by atoms with Gasteiger partial charge in [-0.25, -0.2) is 5.43 Å². The molecule has 2 aromatic carbocycles. The summed E-state index contributed by atoms with van der Waals surface area (Å²) in [6, 6.07) is 6.23. The van der Waals surface area contributed by atoms with E-state index in [1.807, 2.05) is 30.3 Å². The van der Waals surface area contributed by atoms with Crippen LogP contribution in [-0.4, -0.2) is 31.5 Å². The summed E-state index contributed by atoms with van der Waals surface area (Å²) in [4.78, 5) is 0. The third-order valence-corrected chi connectivity index (χ3v) is 4.13. The van der Waals surface area contributed by atoms with Crippen molar-refractivity contribution < 1.29 is 40.2 Å². The quantitative estimate of drug-likeness (QED) is 0.161. The summed E-state index contributed by atoms with van der Waals surface area (Å²) >= 11 is 0. The third kappa shape index (κ3) is 5.71. The van der Waals surface area contributed by atoms with E-state index in [1.54, 1.807) is 0 Å². The van der Waals surface area contributed by atoms with E-state index in [0.29, 0.717) is 23.0 Å². The largest absolute Gasteiger partial charge is 0.493 e. The summed E-state index contributed by atoms with van der Waals surface area (Å²) < 4.78 is 100. The van der Waals surface area contributed by atoms with E-state index in [1.165, 1.54) is 25.3 Å². The van der Waals surface area contributed by atoms with Crippen LogP contribution in [0.2, 0.25) is 0 Å². The molecular formula is C21H19F7N2O2. The highest BCUT2D eigenvalue weighted by Gasteiger charge is 2.73. The minimum Gasteiger partial charge on any atom is -0.493 e. The van der Waals surface area contributed by atoms with E-state index in [0.717, 1.165) is 5.56 Å². The zero-order chi connectivity index (χ0) is 24.0. The lowest BCUT2D eigenvalue weighted by Gasteiger charge is -2.27. The van der Waals surface area contributed by atoms with Crippen LogP contribution in [0, 0.1) is 0 Å². The predicted molar refractivity (Wildman–Crippen MR) is 104 cm³/mol. The van der Waals surface area contributed by atoms with E-state index in [4.69, 9.17) is 9.47 Å². The molecule has 0 fully saturated rings. The molecule has 0 saturated carbocycles. The molecule has 0 bridgehead atoms. The van der Waals surface area contributed by atoms with Crippen molar-refractivity contribution >= 4 is 6.21 Å². The van der Waals surface area contributed by atoms with Gasteiger partial charge in [-0.3, -0.25) is 0 Å². The number of ether oxygens (including phenoxy) is 2. The molecular weight excluding hydrogens is 445 g/mol. The van der Waals surface area contributed by atoms with Crippen molar-refractivity contribution in [3.05, 3.63) is 71.8 Å². The SMILES string of the molecule is C=CCc1cc(/C=N/NC(F)(F)C(F)(F)C(F)(F)F)cc(OC)c1OCc1ccccc1. The van der Waals surface area contributed by atoms with Crippen LogP contribution in [-0.2, 0) is 13.0 Å². The van der Waals surface area contributed by atoms with Gasteiger partial charge in [0.2, 0.25) is 0 Å².